The molecule has 0 aromatic carbocycles. The predicted octanol–water partition coefficient (Wildman–Crippen LogP) is 4.91. The highest BCUT2D eigenvalue weighted by Crippen LogP contribution is 2.46. The Bertz CT molecular complexity index is 467. The van der Waals surface area contributed by atoms with Crippen molar-refractivity contribution in [3.05, 3.63) is 12.2 Å². The molecule has 156 valence electrons. The average Bonchev–Trinajstić information content (AvgIpc) is 2.75. The third-order valence-electron chi connectivity index (χ3n) is 5.44. The molecule has 0 radical (unpaired) electrons. The Hall–Kier alpha value is -1.36. The molecule has 2 aliphatic rings. The van der Waals surface area contributed by atoms with Gasteiger partial charge in [0.15, 0.2) is 0 Å². The standard InChI is InChI=1S/C9H14O2.C8H14O2.C2H6.CH4O.CH4/c1-6-7(10)11-9(4,5)8(6,2)3;1-7(2)5-6(9)10-8(7,3)4;2*1-2;/h1H2,2-5H3;5H2,1-4H3;1-2H3;2H,1H3;1H4. The molecule has 2 heterocycles. The van der Waals surface area contributed by atoms with Gasteiger partial charge in [-0.3, -0.25) is 4.79 Å². The van der Waals surface area contributed by atoms with E-state index in [2.05, 4.69) is 20.4 Å². The number of aliphatic hydroxyl groups excluding tert-OH is 1. The Morgan fingerprint density at radius 2 is 1.23 bits per heavy atom. The fourth-order valence-corrected chi connectivity index (χ4v) is 2.07. The van der Waals surface area contributed by atoms with E-state index in [9.17, 15) is 9.59 Å². The first-order valence-corrected chi connectivity index (χ1v) is 8.73. The molecule has 0 amide bonds. The van der Waals surface area contributed by atoms with E-state index >= 15 is 0 Å². The molecule has 0 atom stereocenters. The van der Waals surface area contributed by atoms with E-state index in [0.717, 1.165) is 7.11 Å². The van der Waals surface area contributed by atoms with Crippen molar-refractivity contribution in [3.8, 4) is 0 Å². The first kappa shape index (κ1) is 29.4. The Kier molecular flexibility index (Phi) is 11.4. The molecule has 2 fully saturated rings. The molecule has 2 saturated heterocycles. The molecule has 0 bridgehead atoms. The Morgan fingerprint density at radius 3 is 1.31 bits per heavy atom. The number of carbonyl (C=O) groups excluding carboxylic acids is 2. The van der Waals surface area contributed by atoms with Crippen molar-refractivity contribution in [1.82, 2.24) is 0 Å². The normalized spacial score (nSPS) is 22.7. The molecule has 2 aliphatic heterocycles. The minimum atomic E-state index is -0.416. The lowest BCUT2D eigenvalue weighted by atomic mass is 9.74. The monoisotopic (exact) mass is 374 g/mol. The third kappa shape index (κ3) is 6.11. The lowest BCUT2D eigenvalue weighted by molar-refractivity contribution is -0.148. The summed E-state index contributed by atoms with van der Waals surface area (Å²) < 4.78 is 10.3. The summed E-state index contributed by atoms with van der Waals surface area (Å²) in [5, 5.41) is 7.00. The molecule has 0 aromatic heterocycles. The SMILES string of the molecule is C.C=C1C(=O)OC(C)(C)C1(C)C.CC.CC1(C)CC(=O)OC1(C)C.CO. The number of rotatable bonds is 0. The number of carbonyl (C=O) groups is 2. The molecular formula is C21H42O5. The third-order valence-corrected chi connectivity index (χ3v) is 5.44. The maximum atomic E-state index is 11.1. The van der Waals surface area contributed by atoms with Gasteiger partial charge in [-0.15, -0.1) is 0 Å². The maximum absolute atomic E-state index is 11.1. The van der Waals surface area contributed by atoms with Crippen LogP contribution in [0.15, 0.2) is 12.2 Å². The smallest absolute Gasteiger partial charge is 0.334 e. The van der Waals surface area contributed by atoms with E-state index in [4.69, 9.17) is 14.6 Å². The van der Waals surface area contributed by atoms with Crippen molar-refractivity contribution in [2.75, 3.05) is 7.11 Å². The number of hydrogen-bond acceptors (Lipinski definition) is 5. The number of cyclic esters (lactones) is 2. The van der Waals surface area contributed by atoms with Gasteiger partial charge in [-0.2, -0.15) is 0 Å². The highest BCUT2D eigenvalue weighted by Gasteiger charge is 2.51. The van der Waals surface area contributed by atoms with Gasteiger partial charge in [0.1, 0.15) is 11.2 Å². The van der Waals surface area contributed by atoms with Gasteiger partial charge in [0.05, 0.1) is 6.42 Å². The van der Waals surface area contributed by atoms with Crippen LogP contribution in [0, 0.1) is 10.8 Å². The van der Waals surface area contributed by atoms with Gasteiger partial charge in [0.2, 0.25) is 0 Å². The van der Waals surface area contributed by atoms with Crippen LogP contribution in [0.1, 0.15) is 83.1 Å². The second-order valence-corrected chi connectivity index (χ2v) is 8.05. The van der Waals surface area contributed by atoms with Crippen LogP contribution in [0.25, 0.3) is 0 Å². The maximum Gasteiger partial charge on any atom is 0.334 e. The van der Waals surface area contributed by atoms with Crippen LogP contribution < -0.4 is 0 Å². The summed E-state index contributed by atoms with van der Waals surface area (Å²) in [6.45, 7) is 23.5. The van der Waals surface area contributed by atoms with Gasteiger partial charge in [0, 0.05) is 23.5 Å². The number of aliphatic hydroxyl groups is 1. The molecular weight excluding hydrogens is 332 g/mol. The second-order valence-electron chi connectivity index (χ2n) is 8.05. The van der Waals surface area contributed by atoms with E-state index in [0.29, 0.717) is 12.0 Å². The lowest BCUT2D eigenvalue weighted by Crippen LogP contribution is -2.35. The van der Waals surface area contributed by atoms with Crippen molar-refractivity contribution in [3.63, 3.8) is 0 Å². The van der Waals surface area contributed by atoms with Crippen molar-refractivity contribution < 1.29 is 24.2 Å². The zero-order valence-corrected chi connectivity index (χ0v) is 18.0. The molecule has 2 rings (SSSR count). The Labute approximate surface area is 161 Å². The predicted molar refractivity (Wildman–Crippen MR) is 108 cm³/mol. The zero-order chi connectivity index (χ0) is 20.9. The molecule has 5 heteroatoms. The number of esters is 2. The fraction of sp³-hybridized carbons (Fsp3) is 0.810. The molecule has 5 nitrogen and oxygen atoms in total. The van der Waals surface area contributed by atoms with Crippen LogP contribution in [0.5, 0.6) is 0 Å². The van der Waals surface area contributed by atoms with Gasteiger partial charge in [-0.1, -0.05) is 55.5 Å². The van der Waals surface area contributed by atoms with E-state index in [1.165, 1.54) is 0 Å². The molecule has 0 aromatic rings. The van der Waals surface area contributed by atoms with Crippen LogP contribution in [-0.4, -0.2) is 35.4 Å². The molecule has 0 spiro atoms. The largest absolute Gasteiger partial charge is 0.459 e. The first-order chi connectivity index (χ1) is 11.1. The van der Waals surface area contributed by atoms with Crippen molar-refractivity contribution in [2.24, 2.45) is 10.8 Å². The molecule has 0 saturated carbocycles. The van der Waals surface area contributed by atoms with Gasteiger partial charge in [0.25, 0.3) is 0 Å². The quantitative estimate of drug-likeness (QED) is 0.481. The topological polar surface area (TPSA) is 72.8 Å². The summed E-state index contributed by atoms with van der Waals surface area (Å²) in [6.07, 6.45) is 0.542. The van der Waals surface area contributed by atoms with Crippen LogP contribution in [-0.2, 0) is 19.1 Å². The minimum absolute atomic E-state index is 0. The number of hydrogen-bond donors (Lipinski definition) is 1. The highest BCUT2D eigenvalue weighted by molar-refractivity contribution is 5.92. The first-order valence-electron chi connectivity index (χ1n) is 8.73. The van der Waals surface area contributed by atoms with Gasteiger partial charge >= 0.3 is 11.9 Å². The Balaban J connectivity index is -0.000000332. The highest BCUT2D eigenvalue weighted by atomic mass is 16.6. The van der Waals surface area contributed by atoms with Crippen molar-refractivity contribution in [1.29, 1.82) is 0 Å². The van der Waals surface area contributed by atoms with Crippen LogP contribution in [0.4, 0.5) is 0 Å². The lowest BCUT2D eigenvalue weighted by Gasteiger charge is -2.31. The zero-order valence-electron chi connectivity index (χ0n) is 18.0. The van der Waals surface area contributed by atoms with Gasteiger partial charge in [-0.05, 0) is 27.7 Å². The molecule has 26 heavy (non-hydrogen) atoms. The van der Waals surface area contributed by atoms with E-state index in [1.807, 2.05) is 55.4 Å². The van der Waals surface area contributed by atoms with Crippen molar-refractivity contribution >= 4 is 11.9 Å². The summed E-state index contributed by atoms with van der Waals surface area (Å²) in [6, 6.07) is 0. The van der Waals surface area contributed by atoms with E-state index < -0.39 is 5.60 Å². The van der Waals surface area contributed by atoms with Crippen LogP contribution in [0.3, 0.4) is 0 Å². The van der Waals surface area contributed by atoms with Gasteiger partial charge in [-0.25, -0.2) is 4.79 Å². The molecule has 0 aliphatic carbocycles. The summed E-state index contributed by atoms with van der Waals surface area (Å²) in [7, 11) is 1.00. The number of ether oxygens (including phenoxy) is 2. The van der Waals surface area contributed by atoms with Crippen LogP contribution in [0.2, 0.25) is 0 Å². The summed E-state index contributed by atoms with van der Waals surface area (Å²) in [5.41, 5.74) is -0.387. The minimum Gasteiger partial charge on any atom is -0.459 e. The van der Waals surface area contributed by atoms with E-state index in [-0.39, 0.29) is 35.8 Å². The molecule has 1 N–H and O–H groups in total. The molecule has 0 unspecified atom stereocenters. The average molecular weight is 375 g/mol. The summed E-state index contributed by atoms with van der Waals surface area (Å²) >= 11 is 0. The van der Waals surface area contributed by atoms with Crippen molar-refractivity contribution in [2.45, 2.75) is 94.3 Å². The fourth-order valence-electron chi connectivity index (χ4n) is 2.07. The Morgan fingerprint density at radius 1 is 0.846 bits per heavy atom. The van der Waals surface area contributed by atoms with Crippen LogP contribution >= 0.6 is 0 Å². The second kappa shape index (κ2) is 10.1. The van der Waals surface area contributed by atoms with E-state index in [1.54, 1.807) is 0 Å². The summed E-state index contributed by atoms with van der Waals surface area (Å²) in [4.78, 5) is 21.9. The van der Waals surface area contributed by atoms with Gasteiger partial charge < -0.3 is 14.6 Å². The summed E-state index contributed by atoms with van der Waals surface area (Å²) in [5.74, 6) is -0.338.